The fourth-order valence-electron chi connectivity index (χ4n) is 1.37. The molecule has 0 fully saturated rings. The molecule has 0 bridgehead atoms. The minimum Gasteiger partial charge on any atom is -0.394 e. The summed E-state index contributed by atoms with van der Waals surface area (Å²) in [6, 6.07) is 8.99. The molecule has 0 aliphatic carbocycles. The van der Waals surface area contributed by atoms with E-state index >= 15 is 0 Å². The van der Waals surface area contributed by atoms with E-state index in [2.05, 4.69) is 11.2 Å². The van der Waals surface area contributed by atoms with Crippen LogP contribution in [0.4, 0.5) is 0 Å². The van der Waals surface area contributed by atoms with Crippen LogP contribution < -0.4 is 5.32 Å². The van der Waals surface area contributed by atoms with Gasteiger partial charge in [-0.25, -0.2) is 0 Å². The van der Waals surface area contributed by atoms with Gasteiger partial charge in [-0.05, 0) is 5.56 Å². The van der Waals surface area contributed by atoms with Crippen molar-refractivity contribution in [2.24, 2.45) is 0 Å². The summed E-state index contributed by atoms with van der Waals surface area (Å²) < 4.78 is 0. The number of aliphatic hydroxyl groups is 1. The molecule has 3 heteroatoms. The Hall–Kier alpha value is -1.79. The molecular formula is C13H15NO2. The predicted octanol–water partition coefficient (Wildman–Crippen LogP) is 1.25. The van der Waals surface area contributed by atoms with E-state index in [4.69, 9.17) is 6.42 Å². The van der Waals surface area contributed by atoms with Gasteiger partial charge in [0.25, 0.3) is 0 Å². The molecule has 3 nitrogen and oxygen atoms in total. The third kappa shape index (κ3) is 3.76. The number of carbonyl (C=O) groups excluding carboxylic acids is 1. The first-order chi connectivity index (χ1) is 7.77. The van der Waals surface area contributed by atoms with Crippen molar-refractivity contribution in [3.8, 4) is 12.3 Å². The van der Waals surface area contributed by atoms with Crippen molar-refractivity contribution in [1.29, 1.82) is 0 Å². The van der Waals surface area contributed by atoms with Gasteiger partial charge in [-0.1, -0.05) is 30.3 Å². The lowest BCUT2D eigenvalue weighted by molar-refractivity contribution is -0.122. The molecule has 2 N–H and O–H groups in total. The van der Waals surface area contributed by atoms with Gasteiger partial charge in [0.05, 0.1) is 12.6 Å². The van der Waals surface area contributed by atoms with Gasteiger partial charge in [-0.3, -0.25) is 4.79 Å². The molecule has 0 radical (unpaired) electrons. The minimum atomic E-state index is -0.355. The minimum absolute atomic E-state index is 0.119. The third-order valence-electron chi connectivity index (χ3n) is 2.22. The topological polar surface area (TPSA) is 49.3 Å². The van der Waals surface area contributed by atoms with E-state index in [1.807, 2.05) is 30.3 Å². The molecule has 0 aliphatic rings. The molecule has 1 aromatic carbocycles. The number of carbonyl (C=O) groups is 1. The van der Waals surface area contributed by atoms with Crippen LogP contribution in [0.15, 0.2) is 30.3 Å². The van der Waals surface area contributed by atoms with Crippen molar-refractivity contribution in [1.82, 2.24) is 5.32 Å². The van der Waals surface area contributed by atoms with Crippen LogP contribution in [-0.2, 0) is 4.79 Å². The number of amides is 1. The van der Waals surface area contributed by atoms with Gasteiger partial charge in [0, 0.05) is 12.8 Å². The van der Waals surface area contributed by atoms with E-state index in [9.17, 15) is 9.90 Å². The zero-order chi connectivity index (χ0) is 11.8. The second kappa shape index (κ2) is 6.65. The first kappa shape index (κ1) is 12.3. The zero-order valence-electron chi connectivity index (χ0n) is 9.02. The van der Waals surface area contributed by atoms with E-state index in [1.54, 1.807) is 0 Å². The van der Waals surface area contributed by atoms with Gasteiger partial charge in [-0.2, -0.15) is 0 Å². The molecule has 0 aliphatic heterocycles. The molecule has 84 valence electrons. The maximum absolute atomic E-state index is 11.4. The Morgan fingerprint density at radius 2 is 2.12 bits per heavy atom. The highest BCUT2D eigenvalue weighted by Gasteiger charge is 2.12. The van der Waals surface area contributed by atoms with E-state index in [0.29, 0.717) is 12.8 Å². The molecule has 1 aromatic rings. The first-order valence-electron chi connectivity index (χ1n) is 5.16. The third-order valence-corrected chi connectivity index (χ3v) is 2.22. The normalized spacial score (nSPS) is 11.5. The number of terminal acetylenes is 1. The smallest absolute Gasteiger partial charge is 0.221 e. The summed E-state index contributed by atoms with van der Waals surface area (Å²) in [5.74, 6) is 2.27. The zero-order valence-corrected chi connectivity index (χ0v) is 9.02. The highest BCUT2D eigenvalue weighted by molar-refractivity contribution is 5.76. The maximum atomic E-state index is 11.4. The molecule has 1 rings (SSSR count). The summed E-state index contributed by atoms with van der Waals surface area (Å²) >= 11 is 0. The Morgan fingerprint density at radius 1 is 1.44 bits per heavy atom. The van der Waals surface area contributed by atoms with E-state index in [-0.39, 0.29) is 18.6 Å². The Bertz CT molecular complexity index is 367. The molecular weight excluding hydrogens is 202 g/mol. The highest BCUT2D eigenvalue weighted by Crippen LogP contribution is 2.11. The van der Waals surface area contributed by atoms with Crippen LogP contribution in [0, 0.1) is 12.3 Å². The van der Waals surface area contributed by atoms with E-state index in [1.165, 1.54) is 0 Å². The molecule has 1 amide bonds. The van der Waals surface area contributed by atoms with Crippen LogP contribution in [0.2, 0.25) is 0 Å². The molecule has 0 heterocycles. The molecule has 0 saturated heterocycles. The van der Waals surface area contributed by atoms with Gasteiger partial charge in [0.2, 0.25) is 5.91 Å². The summed E-state index contributed by atoms with van der Waals surface area (Å²) in [5, 5.41) is 11.9. The molecule has 0 saturated carbocycles. The molecule has 0 spiro atoms. The quantitative estimate of drug-likeness (QED) is 0.729. The second-order valence-electron chi connectivity index (χ2n) is 3.42. The van der Waals surface area contributed by atoms with Gasteiger partial charge >= 0.3 is 0 Å². The fourth-order valence-corrected chi connectivity index (χ4v) is 1.37. The summed E-state index contributed by atoms with van der Waals surface area (Å²) in [4.78, 5) is 11.4. The summed E-state index contributed by atoms with van der Waals surface area (Å²) in [7, 11) is 0. The van der Waals surface area contributed by atoms with E-state index in [0.717, 1.165) is 5.56 Å². The van der Waals surface area contributed by atoms with Crippen LogP contribution >= 0.6 is 0 Å². The van der Waals surface area contributed by atoms with Crippen LogP contribution in [0.1, 0.15) is 24.4 Å². The van der Waals surface area contributed by atoms with Crippen molar-refractivity contribution >= 4 is 5.91 Å². The fraction of sp³-hybridized carbons (Fsp3) is 0.308. The first-order valence-corrected chi connectivity index (χ1v) is 5.16. The Balaban J connectivity index is 2.57. The predicted molar refractivity (Wildman–Crippen MR) is 62.5 cm³/mol. The average molecular weight is 217 g/mol. The number of nitrogens with one attached hydrogen (secondary N) is 1. The molecule has 1 atom stereocenters. The van der Waals surface area contributed by atoms with Gasteiger partial charge in [0.1, 0.15) is 0 Å². The Labute approximate surface area is 95.5 Å². The summed E-state index contributed by atoms with van der Waals surface area (Å²) in [6.45, 7) is -0.119. The second-order valence-corrected chi connectivity index (χ2v) is 3.42. The molecule has 0 aromatic heterocycles. The van der Waals surface area contributed by atoms with E-state index < -0.39 is 0 Å². The van der Waals surface area contributed by atoms with Crippen LogP contribution in [0.5, 0.6) is 0 Å². The van der Waals surface area contributed by atoms with Crippen LogP contribution in [0.3, 0.4) is 0 Å². The number of rotatable bonds is 5. The van der Waals surface area contributed by atoms with Gasteiger partial charge in [0.15, 0.2) is 0 Å². The lowest BCUT2D eigenvalue weighted by atomic mass is 10.1. The van der Waals surface area contributed by atoms with Crippen molar-refractivity contribution < 1.29 is 9.90 Å². The Morgan fingerprint density at radius 3 is 2.69 bits per heavy atom. The van der Waals surface area contributed by atoms with Crippen molar-refractivity contribution in [3.63, 3.8) is 0 Å². The lowest BCUT2D eigenvalue weighted by Crippen LogP contribution is -2.30. The Kier molecular flexibility index (Phi) is 5.10. The van der Waals surface area contributed by atoms with Crippen molar-refractivity contribution in [2.75, 3.05) is 6.61 Å². The number of benzene rings is 1. The lowest BCUT2D eigenvalue weighted by Gasteiger charge is -2.16. The van der Waals surface area contributed by atoms with Gasteiger partial charge < -0.3 is 10.4 Å². The maximum Gasteiger partial charge on any atom is 0.221 e. The van der Waals surface area contributed by atoms with Crippen molar-refractivity contribution in [2.45, 2.75) is 18.9 Å². The number of aliphatic hydroxyl groups excluding tert-OH is 1. The number of hydrogen-bond acceptors (Lipinski definition) is 2. The van der Waals surface area contributed by atoms with Crippen LogP contribution in [0.25, 0.3) is 0 Å². The standard InChI is InChI=1S/C13H15NO2/c1-2-3-9-13(16)14-12(10-15)11-7-5-4-6-8-11/h1,4-8,12,15H,3,9-10H2,(H,14,16)/t12-/m1/s1. The monoisotopic (exact) mass is 217 g/mol. The molecule has 16 heavy (non-hydrogen) atoms. The SMILES string of the molecule is C#CCCC(=O)N[C@H](CO)c1ccccc1. The summed E-state index contributed by atoms with van der Waals surface area (Å²) in [5.41, 5.74) is 0.888. The molecule has 0 unspecified atom stereocenters. The van der Waals surface area contributed by atoms with Crippen molar-refractivity contribution in [3.05, 3.63) is 35.9 Å². The largest absolute Gasteiger partial charge is 0.394 e. The van der Waals surface area contributed by atoms with Crippen LogP contribution in [-0.4, -0.2) is 17.6 Å². The summed E-state index contributed by atoms with van der Waals surface area (Å²) in [6.07, 6.45) is 5.78. The highest BCUT2D eigenvalue weighted by atomic mass is 16.3. The number of hydrogen-bond donors (Lipinski definition) is 2. The average Bonchev–Trinajstić information content (AvgIpc) is 2.34. The van der Waals surface area contributed by atoms with Gasteiger partial charge in [-0.15, -0.1) is 12.3 Å².